The Morgan fingerprint density at radius 2 is 1.81 bits per heavy atom. The van der Waals surface area contributed by atoms with Crippen LogP contribution >= 0.6 is 11.6 Å². The van der Waals surface area contributed by atoms with Crippen molar-refractivity contribution in [1.29, 1.82) is 0 Å². The zero-order chi connectivity index (χ0) is 19.6. The lowest BCUT2D eigenvalue weighted by Crippen LogP contribution is -2.26. The maximum atomic E-state index is 11.1. The number of halogens is 1. The van der Waals surface area contributed by atoms with Gasteiger partial charge in [0.05, 0.1) is 13.2 Å². The highest BCUT2D eigenvalue weighted by Gasteiger charge is 2.12. The number of carbonyl (C=O) groups excluding carboxylic acids is 1. The van der Waals surface area contributed by atoms with Gasteiger partial charge in [0, 0.05) is 25.2 Å². The molecule has 2 unspecified atom stereocenters. The molecule has 0 radical (unpaired) electrons. The van der Waals surface area contributed by atoms with E-state index >= 15 is 0 Å². The first-order valence-electron chi connectivity index (χ1n) is 8.82. The third-order valence-electron chi connectivity index (χ3n) is 4.32. The van der Waals surface area contributed by atoms with Crippen molar-refractivity contribution >= 4 is 17.6 Å². The summed E-state index contributed by atoms with van der Waals surface area (Å²) in [6, 6.07) is 15.4. The monoisotopic (exact) mass is 391 g/mol. The number of carbonyl (C=O) groups is 1. The van der Waals surface area contributed by atoms with Crippen LogP contribution in [-0.4, -0.2) is 39.9 Å². The van der Waals surface area contributed by atoms with Gasteiger partial charge >= 0.3 is 5.97 Å². The molecule has 2 atom stereocenters. The zero-order valence-electron chi connectivity index (χ0n) is 15.9. The van der Waals surface area contributed by atoms with E-state index in [1.165, 1.54) is 12.7 Å². The maximum Gasteiger partial charge on any atom is 0.343 e. The molecule has 27 heavy (non-hydrogen) atoms. The van der Waals surface area contributed by atoms with Gasteiger partial charge in [-0.1, -0.05) is 42.8 Å². The molecule has 0 aromatic heterocycles. The number of ether oxygens (including phenoxy) is 3. The number of methoxy groups -OCH3 is 2. The van der Waals surface area contributed by atoms with Gasteiger partial charge in [-0.3, -0.25) is 0 Å². The molecule has 0 bridgehead atoms. The first-order chi connectivity index (χ1) is 13.0. The quantitative estimate of drug-likeness (QED) is 0.621. The molecule has 0 aliphatic heterocycles. The molecule has 5 nitrogen and oxygen atoms in total. The molecule has 0 saturated heterocycles. The van der Waals surface area contributed by atoms with Crippen LogP contribution in [0.4, 0.5) is 0 Å². The molecule has 0 aliphatic rings. The summed E-state index contributed by atoms with van der Waals surface area (Å²) in [6.07, 6.45) is -0.0509. The van der Waals surface area contributed by atoms with Crippen LogP contribution < -0.4 is 10.1 Å². The van der Waals surface area contributed by atoms with Gasteiger partial charge in [-0.2, -0.15) is 0 Å². The van der Waals surface area contributed by atoms with Gasteiger partial charge in [-0.15, -0.1) is 0 Å². The molecule has 0 heterocycles. The van der Waals surface area contributed by atoms with Gasteiger partial charge in [-0.25, -0.2) is 4.79 Å². The predicted molar refractivity (Wildman–Crippen MR) is 106 cm³/mol. The summed E-state index contributed by atoms with van der Waals surface area (Å²) in [4.78, 5) is 11.1. The normalized spacial score (nSPS) is 13.0. The van der Waals surface area contributed by atoms with Gasteiger partial charge in [0.25, 0.3) is 0 Å². The third-order valence-corrected chi connectivity index (χ3v) is 4.55. The van der Waals surface area contributed by atoms with E-state index in [1.54, 1.807) is 7.11 Å². The topological polar surface area (TPSA) is 56.8 Å². The van der Waals surface area contributed by atoms with Crippen molar-refractivity contribution in [2.24, 2.45) is 0 Å². The van der Waals surface area contributed by atoms with E-state index < -0.39 is 5.97 Å². The van der Waals surface area contributed by atoms with Crippen molar-refractivity contribution in [2.45, 2.75) is 18.9 Å². The summed E-state index contributed by atoms with van der Waals surface area (Å²) in [5.41, 5.74) is 2.24. The number of rotatable bonds is 10. The lowest BCUT2D eigenvalue weighted by atomic mass is 10.0. The van der Waals surface area contributed by atoms with Crippen molar-refractivity contribution in [3.8, 4) is 5.75 Å². The molecule has 2 aromatic carbocycles. The van der Waals surface area contributed by atoms with Crippen LogP contribution in [0, 0.1) is 0 Å². The van der Waals surface area contributed by atoms with E-state index in [-0.39, 0.29) is 12.7 Å². The maximum absolute atomic E-state index is 11.1. The van der Waals surface area contributed by atoms with Crippen molar-refractivity contribution in [3.05, 3.63) is 64.7 Å². The Morgan fingerprint density at radius 3 is 2.44 bits per heavy atom. The molecule has 0 fully saturated rings. The molecular weight excluding hydrogens is 366 g/mol. The van der Waals surface area contributed by atoms with E-state index in [0.29, 0.717) is 23.2 Å². The molecule has 2 rings (SSSR count). The van der Waals surface area contributed by atoms with Crippen LogP contribution in [0.5, 0.6) is 5.75 Å². The van der Waals surface area contributed by atoms with E-state index in [2.05, 4.69) is 17.0 Å². The summed E-state index contributed by atoms with van der Waals surface area (Å²) in [5, 5.41) is 4.16. The predicted octanol–water partition coefficient (Wildman–Crippen LogP) is 3.97. The van der Waals surface area contributed by atoms with Gasteiger partial charge in [0.2, 0.25) is 0 Å². The molecule has 2 aromatic rings. The molecule has 146 valence electrons. The summed E-state index contributed by atoms with van der Waals surface area (Å²) in [5.74, 6) is 0.560. The van der Waals surface area contributed by atoms with Crippen LogP contribution in [0.15, 0.2) is 48.5 Å². The summed E-state index contributed by atoms with van der Waals surface area (Å²) < 4.78 is 15.5. The molecule has 0 spiro atoms. The lowest BCUT2D eigenvalue weighted by molar-refractivity contribution is -0.142. The fourth-order valence-corrected chi connectivity index (χ4v) is 2.89. The Morgan fingerprint density at radius 1 is 1.07 bits per heavy atom. The van der Waals surface area contributed by atoms with E-state index in [0.717, 1.165) is 12.1 Å². The summed E-state index contributed by atoms with van der Waals surface area (Å²) >= 11 is 6.06. The second kappa shape index (κ2) is 10.9. The van der Waals surface area contributed by atoms with Crippen LogP contribution in [-0.2, 0) is 14.3 Å². The average Bonchev–Trinajstić information content (AvgIpc) is 2.69. The van der Waals surface area contributed by atoms with E-state index in [4.69, 9.17) is 21.1 Å². The van der Waals surface area contributed by atoms with Crippen LogP contribution in [0.3, 0.4) is 0 Å². The fraction of sp³-hybridized carbons (Fsp3) is 0.381. The van der Waals surface area contributed by atoms with Gasteiger partial charge in [-0.05, 0) is 41.3 Å². The molecule has 0 aliphatic carbocycles. The Hall–Kier alpha value is -2.08. The Balaban J connectivity index is 1.82. The van der Waals surface area contributed by atoms with Crippen molar-refractivity contribution in [3.63, 3.8) is 0 Å². The van der Waals surface area contributed by atoms with Crippen LogP contribution in [0.25, 0.3) is 0 Å². The minimum Gasteiger partial charge on any atom is -0.482 e. The van der Waals surface area contributed by atoms with Crippen LogP contribution in [0.2, 0.25) is 5.02 Å². The second-order valence-corrected chi connectivity index (χ2v) is 6.71. The van der Waals surface area contributed by atoms with Crippen molar-refractivity contribution in [1.82, 2.24) is 5.32 Å². The van der Waals surface area contributed by atoms with E-state index in [1.807, 2.05) is 48.5 Å². The first-order valence-corrected chi connectivity index (χ1v) is 9.19. The number of hydrogen-bond donors (Lipinski definition) is 1. The number of benzene rings is 2. The number of hydrogen-bond acceptors (Lipinski definition) is 5. The minimum atomic E-state index is -0.399. The minimum absolute atomic E-state index is 0.0509. The fourth-order valence-electron chi connectivity index (χ4n) is 2.69. The highest BCUT2D eigenvalue weighted by molar-refractivity contribution is 6.30. The highest BCUT2D eigenvalue weighted by atomic mass is 35.5. The first kappa shape index (κ1) is 21.2. The zero-order valence-corrected chi connectivity index (χ0v) is 16.7. The second-order valence-electron chi connectivity index (χ2n) is 6.27. The third kappa shape index (κ3) is 6.86. The van der Waals surface area contributed by atoms with Gasteiger partial charge in [0.15, 0.2) is 6.61 Å². The molecule has 0 amide bonds. The van der Waals surface area contributed by atoms with E-state index in [9.17, 15) is 4.79 Å². The van der Waals surface area contributed by atoms with Crippen molar-refractivity contribution < 1.29 is 19.0 Å². The largest absolute Gasteiger partial charge is 0.482 e. The molecule has 0 saturated carbocycles. The number of esters is 1. The summed E-state index contributed by atoms with van der Waals surface area (Å²) in [6.45, 7) is 3.57. The Bertz CT molecular complexity index is 720. The van der Waals surface area contributed by atoms with Crippen molar-refractivity contribution in [2.75, 3.05) is 33.9 Å². The molecule has 1 N–H and O–H groups in total. The lowest BCUT2D eigenvalue weighted by Gasteiger charge is -2.19. The Kier molecular flexibility index (Phi) is 8.58. The van der Waals surface area contributed by atoms with Gasteiger partial charge in [0.1, 0.15) is 5.75 Å². The standard InChI is InChI=1S/C21H26ClNO4/c1-15(16-7-9-19(10-8-16)27-14-21(24)26-3)12-23-13-20(25-2)17-5-4-6-18(22)11-17/h4-11,15,20,23H,12-14H2,1-3H3. The number of nitrogens with one attached hydrogen (secondary N) is 1. The summed E-state index contributed by atoms with van der Waals surface area (Å²) in [7, 11) is 3.04. The van der Waals surface area contributed by atoms with Crippen LogP contribution in [0.1, 0.15) is 30.1 Å². The Labute approximate surface area is 165 Å². The average molecular weight is 392 g/mol. The highest BCUT2D eigenvalue weighted by Crippen LogP contribution is 2.21. The SMILES string of the molecule is COC(=O)COc1ccc(C(C)CNCC(OC)c2cccc(Cl)c2)cc1. The smallest absolute Gasteiger partial charge is 0.343 e. The van der Waals surface area contributed by atoms with Gasteiger partial charge < -0.3 is 19.5 Å². The molecule has 6 heteroatoms. The molecular formula is C21H26ClNO4.